The van der Waals surface area contributed by atoms with E-state index < -0.39 is 12.0 Å². The van der Waals surface area contributed by atoms with E-state index in [1.54, 1.807) is 31.2 Å². The minimum atomic E-state index is -0.577. The van der Waals surface area contributed by atoms with E-state index in [-0.39, 0.29) is 18.1 Å². The van der Waals surface area contributed by atoms with Gasteiger partial charge in [0.2, 0.25) is 5.91 Å². The first-order valence-corrected chi connectivity index (χ1v) is 10.5. The third-order valence-corrected chi connectivity index (χ3v) is 5.32. The standard InChI is InChI=1S/C24H24N4O4/c1-4-19(23(30)25-17-10-8-9-16(14-17)24(31)32-5-2)28-20-12-7-6-11-18(20)22-26-21(29)13-15(3)27(22)28/h6-14,19H,4-5H2,1-3H3,(H,25,30)/t19-/m1/s1. The van der Waals surface area contributed by atoms with E-state index >= 15 is 0 Å². The van der Waals surface area contributed by atoms with Gasteiger partial charge in [0.1, 0.15) is 6.04 Å². The lowest BCUT2D eigenvalue weighted by molar-refractivity contribution is -0.119. The van der Waals surface area contributed by atoms with Crippen molar-refractivity contribution in [2.24, 2.45) is 0 Å². The molecule has 0 saturated heterocycles. The van der Waals surface area contributed by atoms with Crippen LogP contribution in [0.3, 0.4) is 0 Å². The van der Waals surface area contributed by atoms with Gasteiger partial charge in [-0.05, 0) is 50.6 Å². The lowest BCUT2D eigenvalue weighted by Crippen LogP contribution is -2.29. The topological polar surface area (TPSA) is 94.7 Å². The molecule has 8 nitrogen and oxygen atoms in total. The molecule has 2 heterocycles. The maximum Gasteiger partial charge on any atom is 0.338 e. The predicted molar refractivity (Wildman–Crippen MR) is 122 cm³/mol. The predicted octanol–water partition coefficient (Wildman–Crippen LogP) is 3.72. The van der Waals surface area contributed by atoms with E-state index in [2.05, 4.69) is 10.3 Å². The van der Waals surface area contributed by atoms with Crippen LogP contribution in [0.1, 0.15) is 42.4 Å². The first kappa shape index (κ1) is 21.3. The number of benzene rings is 2. The van der Waals surface area contributed by atoms with Gasteiger partial charge in [-0.2, -0.15) is 4.98 Å². The van der Waals surface area contributed by atoms with Crippen LogP contribution >= 0.6 is 0 Å². The van der Waals surface area contributed by atoms with Gasteiger partial charge in [-0.1, -0.05) is 25.1 Å². The Morgan fingerprint density at radius 1 is 1.09 bits per heavy atom. The van der Waals surface area contributed by atoms with Gasteiger partial charge < -0.3 is 10.1 Å². The molecule has 0 bridgehead atoms. The molecule has 0 aliphatic carbocycles. The number of nitrogens with zero attached hydrogens (tertiary/aromatic N) is 3. The van der Waals surface area contributed by atoms with E-state index in [9.17, 15) is 14.4 Å². The van der Waals surface area contributed by atoms with Crippen LogP contribution in [-0.4, -0.2) is 32.7 Å². The number of aromatic nitrogens is 3. The number of hydrogen-bond acceptors (Lipinski definition) is 5. The highest BCUT2D eigenvalue weighted by atomic mass is 16.5. The average Bonchev–Trinajstić information content (AvgIpc) is 3.09. The number of nitrogens with one attached hydrogen (secondary N) is 1. The Morgan fingerprint density at radius 3 is 2.62 bits per heavy atom. The molecular weight excluding hydrogens is 408 g/mol. The molecule has 1 amide bonds. The van der Waals surface area contributed by atoms with E-state index in [4.69, 9.17) is 4.74 Å². The zero-order chi connectivity index (χ0) is 22.8. The van der Waals surface area contributed by atoms with Gasteiger partial charge in [0.15, 0.2) is 5.65 Å². The number of hydrogen-bond donors (Lipinski definition) is 1. The fourth-order valence-corrected chi connectivity index (χ4v) is 3.95. The van der Waals surface area contributed by atoms with E-state index in [1.807, 2.05) is 47.3 Å². The van der Waals surface area contributed by atoms with E-state index in [1.165, 1.54) is 6.07 Å². The summed E-state index contributed by atoms with van der Waals surface area (Å²) in [7, 11) is 0. The summed E-state index contributed by atoms with van der Waals surface area (Å²) in [6.45, 7) is 5.76. The van der Waals surface area contributed by atoms with Crippen LogP contribution in [0.4, 0.5) is 5.69 Å². The van der Waals surface area contributed by atoms with Gasteiger partial charge in [0.05, 0.1) is 17.7 Å². The Labute approximate surface area is 184 Å². The van der Waals surface area contributed by atoms with Crippen LogP contribution in [0.2, 0.25) is 0 Å². The number of anilines is 1. The Balaban J connectivity index is 1.78. The summed E-state index contributed by atoms with van der Waals surface area (Å²) < 4.78 is 8.73. The van der Waals surface area contributed by atoms with Crippen LogP contribution in [0.15, 0.2) is 59.4 Å². The number of para-hydroxylation sites is 1. The minimum Gasteiger partial charge on any atom is -0.462 e. The monoisotopic (exact) mass is 432 g/mol. The number of esters is 1. The van der Waals surface area contributed by atoms with Crippen molar-refractivity contribution < 1.29 is 14.3 Å². The van der Waals surface area contributed by atoms with Crippen molar-refractivity contribution in [2.75, 3.05) is 11.9 Å². The summed E-state index contributed by atoms with van der Waals surface area (Å²) in [5.74, 6) is -0.682. The van der Waals surface area contributed by atoms with Crippen molar-refractivity contribution in [3.63, 3.8) is 0 Å². The number of aryl methyl sites for hydroxylation is 1. The molecule has 0 spiro atoms. The van der Waals surface area contributed by atoms with Crippen molar-refractivity contribution in [3.8, 4) is 0 Å². The second-order valence-corrected chi connectivity index (χ2v) is 7.45. The molecule has 1 N–H and O–H groups in total. The van der Waals surface area contributed by atoms with Gasteiger partial charge in [0.25, 0.3) is 5.56 Å². The van der Waals surface area contributed by atoms with Crippen LogP contribution < -0.4 is 10.9 Å². The highest BCUT2D eigenvalue weighted by Gasteiger charge is 2.25. The quantitative estimate of drug-likeness (QED) is 0.469. The van der Waals surface area contributed by atoms with Gasteiger partial charge in [-0.15, -0.1) is 0 Å². The summed E-state index contributed by atoms with van der Waals surface area (Å²) in [6, 6.07) is 15.1. The maximum atomic E-state index is 13.4. The van der Waals surface area contributed by atoms with Crippen molar-refractivity contribution >= 4 is 34.1 Å². The molecular formula is C24H24N4O4. The van der Waals surface area contributed by atoms with Crippen molar-refractivity contribution in [3.05, 3.63) is 76.2 Å². The van der Waals surface area contributed by atoms with Crippen LogP contribution in [0, 0.1) is 6.92 Å². The molecule has 0 saturated carbocycles. The zero-order valence-electron chi connectivity index (χ0n) is 18.2. The molecule has 4 rings (SSSR count). The number of rotatable bonds is 6. The van der Waals surface area contributed by atoms with Gasteiger partial charge in [-0.3, -0.25) is 14.3 Å². The van der Waals surface area contributed by atoms with E-state index in [0.717, 1.165) is 10.9 Å². The number of amides is 1. The SMILES string of the molecule is CCOC(=O)c1cccc(NC(=O)[C@@H](CC)n2c3ccccc3c3nc(=O)cc(C)n32)c1. The number of carbonyl (C=O) groups excluding carboxylic acids is 2. The minimum absolute atomic E-state index is 0.241. The normalized spacial score (nSPS) is 12.1. The summed E-state index contributed by atoms with van der Waals surface area (Å²) >= 11 is 0. The summed E-state index contributed by atoms with van der Waals surface area (Å²) in [4.78, 5) is 41.7. The Kier molecular flexibility index (Phi) is 5.77. The number of ether oxygens (including phenoxy) is 1. The molecule has 1 atom stereocenters. The van der Waals surface area contributed by atoms with Gasteiger partial charge in [0, 0.05) is 22.8 Å². The molecule has 8 heteroatoms. The Hall–Kier alpha value is -3.94. The molecule has 0 aliphatic heterocycles. The molecule has 0 aliphatic rings. The molecule has 0 unspecified atom stereocenters. The molecule has 2 aromatic carbocycles. The van der Waals surface area contributed by atoms with Crippen LogP contribution in [-0.2, 0) is 9.53 Å². The molecule has 32 heavy (non-hydrogen) atoms. The second kappa shape index (κ2) is 8.66. The third kappa shape index (κ3) is 3.75. The lowest BCUT2D eigenvalue weighted by atomic mass is 10.1. The molecule has 2 aromatic heterocycles. The highest BCUT2D eigenvalue weighted by Crippen LogP contribution is 2.27. The second-order valence-electron chi connectivity index (χ2n) is 7.45. The largest absolute Gasteiger partial charge is 0.462 e. The first-order valence-electron chi connectivity index (χ1n) is 10.5. The third-order valence-electron chi connectivity index (χ3n) is 5.32. The fourth-order valence-electron chi connectivity index (χ4n) is 3.95. The van der Waals surface area contributed by atoms with Crippen molar-refractivity contribution in [1.29, 1.82) is 0 Å². The Bertz CT molecular complexity index is 1390. The summed E-state index contributed by atoms with van der Waals surface area (Å²) in [5, 5.41) is 3.71. The average molecular weight is 432 g/mol. The summed E-state index contributed by atoms with van der Waals surface area (Å²) in [5.41, 5.74) is 2.55. The zero-order valence-corrected chi connectivity index (χ0v) is 18.2. The van der Waals surface area contributed by atoms with Crippen molar-refractivity contribution in [2.45, 2.75) is 33.2 Å². The smallest absolute Gasteiger partial charge is 0.338 e. The molecule has 0 radical (unpaired) electrons. The van der Waals surface area contributed by atoms with Gasteiger partial charge >= 0.3 is 5.97 Å². The molecule has 0 fully saturated rings. The van der Waals surface area contributed by atoms with Crippen LogP contribution in [0.25, 0.3) is 16.6 Å². The highest BCUT2D eigenvalue weighted by molar-refractivity contribution is 5.98. The number of fused-ring (bicyclic) bond motifs is 3. The van der Waals surface area contributed by atoms with Gasteiger partial charge in [-0.25, -0.2) is 9.31 Å². The Morgan fingerprint density at radius 2 is 1.88 bits per heavy atom. The maximum absolute atomic E-state index is 13.4. The molecule has 164 valence electrons. The number of carbonyl (C=O) groups is 2. The lowest BCUT2D eigenvalue weighted by Gasteiger charge is -2.20. The first-order chi connectivity index (χ1) is 15.4. The summed E-state index contributed by atoms with van der Waals surface area (Å²) in [6.07, 6.45) is 0.503. The fraction of sp³-hybridized carbons (Fsp3) is 0.250. The van der Waals surface area contributed by atoms with Crippen LogP contribution in [0.5, 0.6) is 0 Å². The molecule has 4 aromatic rings. The van der Waals surface area contributed by atoms with E-state index in [0.29, 0.717) is 29.0 Å². The van der Waals surface area contributed by atoms with Crippen molar-refractivity contribution in [1.82, 2.24) is 14.2 Å².